The lowest BCUT2D eigenvalue weighted by Crippen LogP contribution is -2.42. The van der Waals surface area contributed by atoms with E-state index in [1.165, 1.54) is 10.4 Å². The quantitative estimate of drug-likeness (QED) is 0.940. The summed E-state index contributed by atoms with van der Waals surface area (Å²) in [4.78, 5) is 1.28. The number of hydrogen-bond acceptors (Lipinski definition) is 3. The number of para-hydroxylation sites is 1. The number of thiophene rings is 1. The van der Waals surface area contributed by atoms with Gasteiger partial charge in [0.05, 0.1) is 10.9 Å². The largest absolute Gasteiger partial charge is 0.493 e. The fourth-order valence-electron chi connectivity index (χ4n) is 2.61. The summed E-state index contributed by atoms with van der Waals surface area (Å²) >= 11 is 7.63. The van der Waals surface area contributed by atoms with E-state index >= 15 is 0 Å². The first-order chi connectivity index (χ1) is 9.21. The molecule has 0 aliphatic carbocycles. The van der Waals surface area contributed by atoms with Gasteiger partial charge in [0.25, 0.3) is 0 Å². The van der Waals surface area contributed by atoms with Gasteiger partial charge < -0.3 is 10.5 Å². The van der Waals surface area contributed by atoms with Crippen LogP contribution in [0.5, 0.6) is 5.75 Å². The molecular weight excluding hydrogens is 278 g/mol. The lowest BCUT2D eigenvalue weighted by molar-refractivity contribution is 0.127. The Bertz CT molecular complexity index is 583. The molecule has 19 heavy (non-hydrogen) atoms. The summed E-state index contributed by atoms with van der Waals surface area (Å²) in [6.07, 6.45) is 1.89. The molecule has 3 rings (SSSR count). The minimum Gasteiger partial charge on any atom is -0.493 e. The van der Waals surface area contributed by atoms with E-state index in [1.54, 1.807) is 11.3 Å². The van der Waals surface area contributed by atoms with Crippen LogP contribution in [-0.2, 0) is 12.8 Å². The van der Waals surface area contributed by atoms with E-state index in [9.17, 15) is 0 Å². The summed E-state index contributed by atoms with van der Waals surface area (Å²) in [5.41, 5.74) is 7.28. The minimum atomic E-state index is -0.0114. The summed E-state index contributed by atoms with van der Waals surface area (Å²) in [5.74, 6) is 0.996. The van der Waals surface area contributed by atoms with Crippen molar-refractivity contribution >= 4 is 22.9 Å². The summed E-state index contributed by atoms with van der Waals surface area (Å²) in [6.45, 7) is 1.30. The van der Waals surface area contributed by atoms with E-state index < -0.39 is 0 Å². The Balaban J connectivity index is 1.85. The molecule has 1 unspecified atom stereocenters. The predicted octanol–water partition coefficient (Wildman–Crippen LogP) is 3.52. The van der Waals surface area contributed by atoms with Crippen molar-refractivity contribution in [3.8, 4) is 5.75 Å². The zero-order chi connectivity index (χ0) is 13.3. The van der Waals surface area contributed by atoms with E-state index in [4.69, 9.17) is 22.1 Å². The SMILES string of the molecule is NCC1(Cc2ccc(Cl)s2)COc2ccccc2C1. The third-order valence-corrected chi connectivity index (χ3v) is 4.91. The van der Waals surface area contributed by atoms with E-state index in [2.05, 4.69) is 18.2 Å². The highest BCUT2D eigenvalue weighted by atomic mass is 35.5. The van der Waals surface area contributed by atoms with Crippen LogP contribution in [0.4, 0.5) is 0 Å². The molecule has 2 N–H and O–H groups in total. The molecule has 1 aliphatic rings. The first kappa shape index (κ1) is 13.0. The monoisotopic (exact) mass is 293 g/mol. The Hall–Kier alpha value is -1.03. The maximum atomic E-state index is 6.04. The summed E-state index contributed by atoms with van der Waals surface area (Å²) in [6, 6.07) is 12.2. The first-order valence-electron chi connectivity index (χ1n) is 6.36. The minimum absolute atomic E-state index is 0.0114. The van der Waals surface area contributed by atoms with Crippen molar-refractivity contribution in [3.63, 3.8) is 0 Å². The molecule has 1 atom stereocenters. The third-order valence-electron chi connectivity index (χ3n) is 3.68. The molecule has 100 valence electrons. The number of fused-ring (bicyclic) bond motifs is 1. The Morgan fingerprint density at radius 1 is 1.26 bits per heavy atom. The molecular formula is C15H16ClNOS. The molecule has 1 aromatic heterocycles. The van der Waals surface area contributed by atoms with Gasteiger partial charge >= 0.3 is 0 Å². The number of nitrogens with two attached hydrogens (primary N) is 1. The molecule has 2 aromatic rings. The van der Waals surface area contributed by atoms with Crippen LogP contribution in [0.15, 0.2) is 36.4 Å². The maximum absolute atomic E-state index is 6.04. The van der Waals surface area contributed by atoms with Gasteiger partial charge in [-0.3, -0.25) is 0 Å². The van der Waals surface area contributed by atoms with Gasteiger partial charge in [-0.1, -0.05) is 29.8 Å². The van der Waals surface area contributed by atoms with E-state index in [1.807, 2.05) is 18.2 Å². The van der Waals surface area contributed by atoms with Gasteiger partial charge in [-0.15, -0.1) is 11.3 Å². The van der Waals surface area contributed by atoms with E-state index in [-0.39, 0.29) is 5.41 Å². The van der Waals surface area contributed by atoms with Crippen LogP contribution in [0.2, 0.25) is 4.34 Å². The topological polar surface area (TPSA) is 35.2 Å². The molecule has 2 nitrogen and oxygen atoms in total. The standard InChI is InChI=1S/C15H16ClNOS/c16-14-6-5-12(19-14)8-15(9-17)7-11-3-1-2-4-13(11)18-10-15/h1-6H,7-10,17H2. The fraction of sp³-hybridized carbons (Fsp3) is 0.333. The summed E-state index contributed by atoms with van der Waals surface area (Å²) in [7, 11) is 0. The number of ether oxygens (including phenoxy) is 1. The molecule has 0 spiro atoms. The van der Waals surface area contributed by atoms with E-state index in [0.29, 0.717) is 13.2 Å². The van der Waals surface area contributed by atoms with Crippen molar-refractivity contribution < 1.29 is 4.74 Å². The Morgan fingerprint density at radius 2 is 2.11 bits per heavy atom. The summed E-state index contributed by atoms with van der Waals surface area (Å²) in [5, 5.41) is 0. The molecule has 0 radical (unpaired) electrons. The van der Waals surface area contributed by atoms with Crippen LogP contribution in [0, 0.1) is 5.41 Å². The smallest absolute Gasteiger partial charge is 0.122 e. The molecule has 0 saturated carbocycles. The van der Waals surface area contributed by atoms with Crippen molar-refractivity contribution in [2.45, 2.75) is 12.8 Å². The van der Waals surface area contributed by atoms with Gasteiger partial charge in [-0.25, -0.2) is 0 Å². The maximum Gasteiger partial charge on any atom is 0.122 e. The van der Waals surface area contributed by atoms with Gasteiger partial charge in [0.1, 0.15) is 5.75 Å². The number of hydrogen-bond donors (Lipinski definition) is 1. The second kappa shape index (κ2) is 5.16. The van der Waals surface area contributed by atoms with Crippen molar-refractivity contribution in [1.82, 2.24) is 0 Å². The highest BCUT2D eigenvalue weighted by Crippen LogP contribution is 2.38. The molecule has 2 heterocycles. The van der Waals surface area contributed by atoms with Crippen LogP contribution in [0.3, 0.4) is 0 Å². The second-order valence-corrected chi connectivity index (χ2v) is 6.96. The molecule has 1 aliphatic heterocycles. The Morgan fingerprint density at radius 3 is 2.84 bits per heavy atom. The normalized spacial score (nSPS) is 21.8. The lowest BCUT2D eigenvalue weighted by atomic mass is 9.77. The highest BCUT2D eigenvalue weighted by molar-refractivity contribution is 7.16. The van der Waals surface area contributed by atoms with Crippen LogP contribution in [0.25, 0.3) is 0 Å². The molecule has 1 aromatic carbocycles. The van der Waals surface area contributed by atoms with Gasteiger partial charge in [0.15, 0.2) is 0 Å². The fourth-order valence-corrected chi connectivity index (χ4v) is 3.87. The van der Waals surface area contributed by atoms with Crippen molar-refractivity contribution in [1.29, 1.82) is 0 Å². The Kier molecular flexibility index (Phi) is 3.52. The van der Waals surface area contributed by atoms with Crippen LogP contribution < -0.4 is 10.5 Å². The van der Waals surface area contributed by atoms with E-state index in [0.717, 1.165) is 22.9 Å². The molecule has 0 amide bonds. The number of benzene rings is 1. The van der Waals surface area contributed by atoms with Crippen molar-refractivity contribution in [3.05, 3.63) is 51.2 Å². The van der Waals surface area contributed by atoms with Gasteiger partial charge in [0, 0.05) is 16.8 Å². The molecule has 4 heteroatoms. The number of halogens is 1. The summed E-state index contributed by atoms with van der Waals surface area (Å²) < 4.78 is 6.73. The zero-order valence-electron chi connectivity index (χ0n) is 10.6. The third kappa shape index (κ3) is 2.64. The lowest BCUT2D eigenvalue weighted by Gasteiger charge is -2.36. The van der Waals surface area contributed by atoms with Crippen LogP contribution >= 0.6 is 22.9 Å². The van der Waals surface area contributed by atoms with Crippen LogP contribution in [-0.4, -0.2) is 13.2 Å². The van der Waals surface area contributed by atoms with Gasteiger partial charge in [-0.05, 0) is 36.6 Å². The average molecular weight is 294 g/mol. The molecule has 0 saturated heterocycles. The zero-order valence-corrected chi connectivity index (χ0v) is 12.1. The Labute approximate surface area is 122 Å². The number of rotatable bonds is 3. The van der Waals surface area contributed by atoms with Crippen molar-refractivity contribution in [2.75, 3.05) is 13.2 Å². The second-order valence-electron chi connectivity index (χ2n) is 5.16. The van der Waals surface area contributed by atoms with Crippen molar-refractivity contribution in [2.24, 2.45) is 11.1 Å². The first-order valence-corrected chi connectivity index (χ1v) is 7.55. The highest BCUT2D eigenvalue weighted by Gasteiger charge is 2.35. The van der Waals surface area contributed by atoms with Gasteiger partial charge in [-0.2, -0.15) is 0 Å². The van der Waals surface area contributed by atoms with Crippen LogP contribution in [0.1, 0.15) is 10.4 Å². The average Bonchev–Trinajstić information content (AvgIpc) is 2.84. The molecule has 0 bridgehead atoms. The molecule has 0 fully saturated rings. The predicted molar refractivity (Wildman–Crippen MR) is 80.2 cm³/mol. The van der Waals surface area contributed by atoms with Gasteiger partial charge in [0.2, 0.25) is 0 Å².